The second kappa shape index (κ2) is 6.14. The van der Waals surface area contributed by atoms with Gasteiger partial charge in [-0.3, -0.25) is 14.2 Å². The summed E-state index contributed by atoms with van der Waals surface area (Å²) in [5, 5.41) is 0.589. The van der Waals surface area contributed by atoms with Crippen molar-refractivity contribution in [3.05, 3.63) is 76.6 Å². The van der Waals surface area contributed by atoms with Gasteiger partial charge in [0.1, 0.15) is 4.83 Å². The number of thiophene rings is 1. The molecule has 0 fully saturated rings. The second-order valence-electron chi connectivity index (χ2n) is 5.79. The number of carbonyl (C=O) groups excluding carboxylic acids is 1. The molecule has 0 atom stereocenters. The van der Waals surface area contributed by atoms with Crippen molar-refractivity contribution in [2.75, 3.05) is 0 Å². The average molecular weight is 349 g/mol. The quantitative estimate of drug-likeness (QED) is 0.572. The molecule has 0 saturated carbocycles. The average Bonchev–Trinajstić information content (AvgIpc) is 3.27. The Labute approximate surface area is 147 Å². The molecule has 0 saturated heterocycles. The Morgan fingerprint density at radius 3 is 2.72 bits per heavy atom. The molecule has 1 N–H and O–H groups in total. The Morgan fingerprint density at radius 1 is 1.20 bits per heavy atom. The monoisotopic (exact) mass is 349 g/mol. The number of aryl methyl sites for hydroxylation is 1. The van der Waals surface area contributed by atoms with Gasteiger partial charge >= 0.3 is 0 Å². The van der Waals surface area contributed by atoms with Gasteiger partial charge in [-0.15, -0.1) is 11.3 Å². The van der Waals surface area contributed by atoms with E-state index in [0.717, 1.165) is 16.0 Å². The molecule has 0 aliphatic rings. The number of nitrogens with one attached hydrogen (secondary N) is 1. The van der Waals surface area contributed by atoms with E-state index in [0.29, 0.717) is 15.9 Å². The van der Waals surface area contributed by atoms with Gasteiger partial charge in [0.25, 0.3) is 5.56 Å². The fourth-order valence-corrected chi connectivity index (χ4v) is 4.03. The first kappa shape index (κ1) is 15.5. The SMILES string of the molecule is Cc1c(-c2ccccc2)sc2ncn(CC(=O)c3ccc[nH]3)c(=O)c12. The maximum Gasteiger partial charge on any atom is 0.262 e. The number of aromatic amines is 1. The molecule has 3 heterocycles. The maximum absolute atomic E-state index is 12.9. The smallest absolute Gasteiger partial charge is 0.262 e. The van der Waals surface area contributed by atoms with Crippen molar-refractivity contribution in [3.63, 3.8) is 0 Å². The molecule has 25 heavy (non-hydrogen) atoms. The van der Waals surface area contributed by atoms with Crippen LogP contribution in [0.2, 0.25) is 0 Å². The third kappa shape index (κ3) is 2.70. The van der Waals surface area contributed by atoms with Crippen LogP contribution in [0, 0.1) is 6.92 Å². The number of H-pyrrole nitrogens is 1. The van der Waals surface area contributed by atoms with Crippen LogP contribution in [0.15, 0.2) is 59.8 Å². The Bertz CT molecular complexity index is 1110. The molecule has 3 aromatic heterocycles. The number of aromatic nitrogens is 3. The topological polar surface area (TPSA) is 67.8 Å². The molecule has 0 spiro atoms. The molecule has 5 nitrogen and oxygen atoms in total. The van der Waals surface area contributed by atoms with Crippen LogP contribution in [0.4, 0.5) is 0 Å². The number of hydrogen-bond acceptors (Lipinski definition) is 4. The van der Waals surface area contributed by atoms with E-state index in [9.17, 15) is 9.59 Å². The van der Waals surface area contributed by atoms with Gasteiger partial charge < -0.3 is 4.98 Å². The van der Waals surface area contributed by atoms with Crippen molar-refractivity contribution in [2.45, 2.75) is 13.5 Å². The molecule has 1 aromatic carbocycles. The van der Waals surface area contributed by atoms with Crippen LogP contribution in [-0.4, -0.2) is 20.3 Å². The number of hydrogen-bond donors (Lipinski definition) is 1. The first-order valence-corrected chi connectivity index (χ1v) is 8.67. The van der Waals surface area contributed by atoms with E-state index in [1.165, 1.54) is 22.2 Å². The first-order chi connectivity index (χ1) is 12.1. The zero-order valence-corrected chi connectivity index (χ0v) is 14.3. The van der Waals surface area contributed by atoms with E-state index in [1.54, 1.807) is 18.3 Å². The van der Waals surface area contributed by atoms with Gasteiger partial charge in [-0.05, 0) is 30.2 Å². The molecule has 0 amide bonds. The Hall–Kier alpha value is -2.99. The first-order valence-electron chi connectivity index (χ1n) is 7.85. The van der Waals surface area contributed by atoms with E-state index in [-0.39, 0.29) is 17.9 Å². The lowest BCUT2D eigenvalue weighted by atomic mass is 10.1. The van der Waals surface area contributed by atoms with Gasteiger partial charge in [-0.25, -0.2) is 4.98 Å². The highest BCUT2D eigenvalue weighted by atomic mass is 32.1. The van der Waals surface area contributed by atoms with Crippen LogP contribution in [0.3, 0.4) is 0 Å². The van der Waals surface area contributed by atoms with Crippen LogP contribution in [0.25, 0.3) is 20.7 Å². The number of rotatable bonds is 4. The summed E-state index contributed by atoms with van der Waals surface area (Å²) < 4.78 is 1.38. The molecular weight excluding hydrogens is 334 g/mol. The summed E-state index contributed by atoms with van der Waals surface area (Å²) in [5.41, 5.74) is 2.28. The molecule has 0 unspecified atom stereocenters. The van der Waals surface area contributed by atoms with Crippen LogP contribution in [-0.2, 0) is 6.54 Å². The largest absolute Gasteiger partial charge is 0.359 e. The predicted octanol–water partition coefficient (Wildman–Crippen LogP) is 3.64. The molecule has 6 heteroatoms. The van der Waals surface area contributed by atoms with E-state index in [4.69, 9.17) is 0 Å². The summed E-state index contributed by atoms with van der Waals surface area (Å²) in [5.74, 6) is -0.149. The van der Waals surface area contributed by atoms with Gasteiger partial charge in [-0.1, -0.05) is 30.3 Å². The lowest BCUT2D eigenvalue weighted by Gasteiger charge is -2.04. The number of benzene rings is 1. The van der Waals surface area contributed by atoms with Crippen LogP contribution in [0.1, 0.15) is 16.1 Å². The minimum absolute atomic E-state index is 0.0295. The molecule has 0 radical (unpaired) electrons. The number of carbonyl (C=O) groups is 1. The molecule has 124 valence electrons. The Morgan fingerprint density at radius 2 is 2.00 bits per heavy atom. The number of Topliss-reactive ketones (excluding diaryl/α,β-unsaturated/α-hetero) is 1. The minimum Gasteiger partial charge on any atom is -0.359 e. The molecule has 0 aliphatic heterocycles. The Kier molecular flexibility index (Phi) is 3.82. The van der Waals surface area contributed by atoms with E-state index >= 15 is 0 Å². The number of ketones is 1. The maximum atomic E-state index is 12.9. The van der Waals surface area contributed by atoms with Crippen molar-refractivity contribution >= 4 is 27.3 Å². The fraction of sp³-hybridized carbons (Fsp3) is 0.105. The van der Waals surface area contributed by atoms with E-state index < -0.39 is 0 Å². The highest BCUT2D eigenvalue weighted by molar-refractivity contribution is 7.22. The van der Waals surface area contributed by atoms with Gasteiger partial charge in [0.15, 0.2) is 5.78 Å². The third-order valence-electron chi connectivity index (χ3n) is 4.17. The van der Waals surface area contributed by atoms with Crippen LogP contribution >= 0.6 is 11.3 Å². The number of fused-ring (bicyclic) bond motifs is 1. The number of nitrogens with zero attached hydrogens (tertiary/aromatic N) is 2. The Balaban J connectivity index is 1.79. The molecule has 0 bridgehead atoms. The standard InChI is InChI=1S/C19H15N3O2S/c1-12-16-18(25-17(12)13-6-3-2-4-7-13)21-11-22(19(16)24)10-15(23)14-8-5-9-20-14/h2-9,11,20H,10H2,1H3. The van der Waals surface area contributed by atoms with Gasteiger partial charge in [-0.2, -0.15) is 0 Å². The van der Waals surface area contributed by atoms with E-state index in [2.05, 4.69) is 9.97 Å². The lowest BCUT2D eigenvalue weighted by Crippen LogP contribution is -2.24. The predicted molar refractivity (Wildman–Crippen MR) is 99.2 cm³/mol. The zero-order chi connectivity index (χ0) is 17.4. The summed E-state index contributed by atoms with van der Waals surface area (Å²) in [6.45, 7) is 1.90. The summed E-state index contributed by atoms with van der Waals surface area (Å²) >= 11 is 1.50. The normalized spacial score (nSPS) is 11.1. The summed E-state index contributed by atoms with van der Waals surface area (Å²) in [7, 11) is 0. The molecule has 4 rings (SSSR count). The second-order valence-corrected chi connectivity index (χ2v) is 6.79. The summed E-state index contributed by atoms with van der Waals surface area (Å²) in [6, 6.07) is 13.4. The fourth-order valence-electron chi connectivity index (χ4n) is 2.88. The van der Waals surface area contributed by atoms with Crippen molar-refractivity contribution in [1.82, 2.24) is 14.5 Å². The molecule has 4 aromatic rings. The third-order valence-corrected chi connectivity index (χ3v) is 5.41. The van der Waals surface area contributed by atoms with Crippen LogP contribution < -0.4 is 5.56 Å². The van der Waals surface area contributed by atoms with Gasteiger partial charge in [0, 0.05) is 11.1 Å². The van der Waals surface area contributed by atoms with Crippen molar-refractivity contribution in [1.29, 1.82) is 0 Å². The summed E-state index contributed by atoms with van der Waals surface area (Å²) in [4.78, 5) is 34.1. The highest BCUT2D eigenvalue weighted by Crippen LogP contribution is 2.35. The molecular formula is C19H15N3O2S. The van der Waals surface area contributed by atoms with E-state index in [1.807, 2.05) is 37.3 Å². The van der Waals surface area contributed by atoms with Crippen molar-refractivity contribution in [2.24, 2.45) is 0 Å². The lowest BCUT2D eigenvalue weighted by molar-refractivity contribution is 0.0966. The molecule has 0 aliphatic carbocycles. The zero-order valence-electron chi connectivity index (χ0n) is 13.5. The van der Waals surface area contributed by atoms with Gasteiger partial charge in [0.05, 0.1) is 24.0 Å². The van der Waals surface area contributed by atoms with Gasteiger partial charge in [0.2, 0.25) is 0 Å². The summed E-state index contributed by atoms with van der Waals surface area (Å²) in [6.07, 6.45) is 3.14. The van der Waals surface area contributed by atoms with Crippen molar-refractivity contribution < 1.29 is 4.79 Å². The highest BCUT2D eigenvalue weighted by Gasteiger charge is 2.17. The van der Waals surface area contributed by atoms with Crippen LogP contribution in [0.5, 0.6) is 0 Å². The minimum atomic E-state index is -0.180. The van der Waals surface area contributed by atoms with Crippen molar-refractivity contribution in [3.8, 4) is 10.4 Å².